The molecule has 2 rings (SSSR count). The molecule has 0 aromatic carbocycles. The maximum Gasteiger partial charge on any atom is 0.239 e. The van der Waals surface area contributed by atoms with Crippen molar-refractivity contribution in [1.82, 2.24) is 10.1 Å². The second-order valence-electron chi connectivity index (χ2n) is 4.74. The van der Waals surface area contributed by atoms with Crippen LogP contribution >= 0.6 is 0 Å². The minimum absolute atomic E-state index is 0.0886. The molecule has 0 N–H and O–H groups in total. The van der Waals surface area contributed by atoms with E-state index in [4.69, 9.17) is 14.0 Å². The molecule has 1 aromatic rings. The molecule has 18 heavy (non-hydrogen) atoms. The molecule has 1 atom stereocenters. The number of hydrogen-bond donors (Lipinski definition) is 0. The van der Waals surface area contributed by atoms with E-state index in [0.29, 0.717) is 38.0 Å². The van der Waals surface area contributed by atoms with Crippen LogP contribution in [0.4, 0.5) is 0 Å². The van der Waals surface area contributed by atoms with Crippen molar-refractivity contribution in [2.24, 2.45) is 0 Å². The summed E-state index contributed by atoms with van der Waals surface area (Å²) >= 11 is 0. The van der Waals surface area contributed by atoms with Gasteiger partial charge < -0.3 is 14.0 Å². The second-order valence-corrected chi connectivity index (χ2v) is 4.74. The van der Waals surface area contributed by atoms with Gasteiger partial charge in [0.1, 0.15) is 17.3 Å². The summed E-state index contributed by atoms with van der Waals surface area (Å²) in [6, 6.07) is 0. The Hall–Kier alpha value is -1.27. The molecule has 0 saturated carbocycles. The van der Waals surface area contributed by atoms with Crippen molar-refractivity contribution in [2.45, 2.75) is 38.7 Å². The quantitative estimate of drug-likeness (QED) is 0.808. The summed E-state index contributed by atoms with van der Waals surface area (Å²) in [5.41, 5.74) is -0.616. The number of rotatable bonds is 4. The highest BCUT2D eigenvalue weighted by Crippen LogP contribution is 2.26. The number of carbonyl (C=O) groups excluding carboxylic acids is 1. The molecule has 0 amide bonds. The highest BCUT2D eigenvalue weighted by Gasteiger charge is 2.33. The maximum absolute atomic E-state index is 11.7. The van der Waals surface area contributed by atoms with Crippen molar-refractivity contribution in [1.29, 1.82) is 0 Å². The third-order valence-corrected chi connectivity index (χ3v) is 2.95. The number of ketones is 1. The molecular weight excluding hydrogens is 236 g/mol. The summed E-state index contributed by atoms with van der Waals surface area (Å²) in [4.78, 5) is 16.0. The first-order valence-corrected chi connectivity index (χ1v) is 6.13. The molecule has 1 saturated heterocycles. The van der Waals surface area contributed by atoms with Crippen molar-refractivity contribution in [3.05, 3.63) is 11.7 Å². The van der Waals surface area contributed by atoms with Gasteiger partial charge >= 0.3 is 0 Å². The summed E-state index contributed by atoms with van der Waals surface area (Å²) in [6.45, 7) is 6.98. The van der Waals surface area contributed by atoms with Gasteiger partial charge in [-0.25, -0.2) is 0 Å². The Bertz CT molecular complexity index is 427. The van der Waals surface area contributed by atoms with Gasteiger partial charge in [-0.1, -0.05) is 5.16 Å². The highest BCUT2D eigenvalue weighted by molar-refractivity contribution is 5.85. The van der Waals surface area contributed by atoms with Gasteiger partial charge in [0.2, 0.25) is 11.7 Å². The Morgan fingerprint density at radius 1 is 1.50 bits per heavy atom. The zero-order chi connectivity index (χ0) is 13.2. The molecule has 1 aliphatic rings. The van der Waals surface area contributed by atoms with Crippen molar-refractivity contribution in [3.8, 4) is 0 Å². The van der Waals surface area contributed by atoms with E-state index in [0.717, 1.165) is 0 Å². The van der Waals surface area contributed by atoms with Crippen LogP contribution in [0.1, 0.15) is 44.8 Å². The SMILES string of the molecule is CCOC(C)(C)c1noc(C2COCCC2=O)n1. The van der Waals surface area contributed by atoms with Gasteiger partial charge in [-0.15, -0.1) is 0 Å². The molecule has 0 aliphatic carbocycles. The Morgan fingerprint density at radius 3 is 2.94 bits per heavy atom. The highest BCUT2D eigenvalue weighted by atomic mass is 16.5. The van der Waals surface area contributed by atoms with E-state index in [1.54, 1.807) is 0 Å². The molecule has 6 nitrogen and oxygen atoms in total. The third kappa shape index (κ3) is 2.59. The molecule has 6 heteroatoms. The number of nitrogens with zero attached hydrogens (tertiary/aromatic N) is 2. The number of Topliss-reactive ketones (excluding diaryl/α,β-unsaturated/α-hetero) is 1. The van der Waals surface area contributed by atoms with E-state index < -0.39 is 11.5 Å². The van der Waals surface area contributed by atoms with Gasteiger partial charge in [-0.3, -0.25) is 4.79 Å². The van der Waals surface area contributed by atoms with Crippen LogP contribution < -0.4 is 0 Å². The fourth-order valence-corrected chi connectivity index (χ4v) is 1.90. The van der Waals surface area contributed by atoms with Gasteiger partial charge in [0.25, 0.3) is 0 Å². The van der Waals surface area contributed by atoms with Crippen LogP contribution in [-0.4, -0.2) is 35.7 Å². The van der Waals surface area contributed by atoms with E-state index in [2.05, 4.69) is 10.1 Å². The van der Waals surface area contributed by atoms with Crippen molar-refractivity contribution < 1.29 is 18.8 Å². The summed E-state index contributed by atoms with van der Waals surface area (Å²) in [6.07, 6.45) is 0.400. The fourth-order valence-electron chi connectivity index (χ4n) is 1.90. The topological polar surface area (TPSA) is 74.5 Å². The molecule has 1 aromatic heterocycles. The smallest absolute Gasteiger partial charge is 0.239 e. The first-order chi connectivity index (χ1) is 8.54. The Balaban J connectivity index is 2.17. The standard InChI is InChI=1S/C12H18N2O4/c1-4-17-12(2,3)11-13-10(18-14-11)8-7-16-6-5-9(8)15/h8H,4-7H2,1-3H3. The van der Waals surface area contributed by atoms with Crippen LogP contribution in [-0.2, 0) is 19.9 Å². The summed E-state index contributed by atoms with van der Waals surface area (Å²) in [7, 11) is 0. The lowest BCUT2D eigenvalue weighted by molar-refractivity contribution is -0.127. The monoisotopic (exact) mass is 254 g/mol. The lowest BCUT2D eigenvalue weighted by Crippen LogP contribution is -2.26. The first-order valence-electron chi connectivity index (χ1n) is 6.13. The van der Waals surface area contributed by atoms with Crippen LogP contribution in [0.25, 0.3) is 0 Å². The zero-order valence-corrected chi connectivity index (χ0v) is 10.9. The molecular formula is C12H18N2O4. The molecule has 100 valence electrons. The van der Waals surface area contributed by atoms with E-state index >= 15 is 0 Å². The fraction of sp³-hybridized carbons (Fsp3) is 0.750. The minimum atomic E-state index is -0.616. The molecule has 0 radical (unpaired) electrons. The van der Waals surface area contributed by atoms with Gasteiger partial charge in [0, 0.05) is 13.0 Å². The molecule has 2 heterocycles. The second kappa shape index (κ2) is 5.16. The van der Waals surface area contributed by atoms with Gasteiger partial charge in [0.05, 0.1) is 13.2 Å². The van der Waals surface area contributed by atoms with Crippen molar-refractivity contribution in [3.63, 3.8) is 0 Å². The molecule has 1 unspecified atom stereocenters. The molecule has 0 spiro atoms. The molecule has 1 aliphatic heterocycles. The zero-order valence-electron chi connectivity index (χ0n) is 10.9. The number of hydrogen-bond acceptors (Lipinski definition) is 6. The molecule has 1 fully saturated rings. The van der Waals surface area contributed by atoms with Crippen molar-refractivity contribution >= 4 is 5.78 Å². The lowest BCUT2D eigenvalue weighted by Gasteiger charge is -2.20. The van der Waals surface area contributed by atoms with Crippen LogP contribution in [0.15, 0.2) is 4.52 Å². The Labute approximate surface area is 106 Å². The van der Waals surface area contributed by atoms with E-state index in [9.17, 15) is 4.79 Å². The van der Waals surface area contributed by atoms with Crippen LogP contribution in [0, 0.1) is 0 Å². The van der Waals surface area contributed by atoms with Gasteiger partial charge in [-0.2, -0.15) is 4.98 Å². The van der Waals surface area contributed by atoms with Crippen LogP contribution in [0.2, 0.25) is 0 Å². The van der Waals surface area contributed by atoms with Crippen molar-refractivity contribution in [2.75, 3.05) is 19.8 Å². The average molecular weight is 254 g/mol. The Kier molecular flexibility index (Phi) is 3.77. The average Bonchev–Trinajstić information content (AvgIpc) is 2.79. The minimum Gasteiger partial charge on any atom is -0.380 e. The van der Waals surface area contributed by atoms with E-state index in [1.807, 2.05) is 20.8 Å². The van der Waals surface area contributed by atoms with E-state index in [1.165, 1.54) is 0 Å². The summed E-state index contributed by atoms with van der Waals surface area (Å²) in [5, 5.41) is 3.90. The van der Waals surface area contributed by atoms with Gasteiger partial charge in [-0.05, 0) is 20.8 Å². The predicted octanol–water partition coefficient (Wildman–Crippen LogP) is 1.41. The summed E-state index contributed by atoms with van der Waals surface area (Å²) < 4.78 is 16.0. The first kappa shape index (κ1) is 13.2. The summed E-state index contributed by atoms with van der Waals surface area (Å²) in [5.74, 6) is 0.434. The third-order valence-electron chi connectivity index (χ3n) is 2.95. The van der Waals surface area contributed by atoms with E-state index in [-0.39, 0.29) is 5.78 Å². The Morgan fingerprint density at radius 2 is 2.28 bits per heavy atom. The number of ether oxygens (including phenoxy) is 2. The predicted molar refractivity (Wildman–Crippen MR) is 62.1 cm³/mol. The largest absolute Gasteiger partial charge is 0.380 e. The normalized spacial score (nSPS) is 21.3. The number of carbonyl (C=O) groups is 1. The van der Waals surface area contributed by atoms with Crippen LogP contribution in [0.5, 0.6) is 0 Å². The lowest BCUT2D eigenvalue weighted by atomic mass is 10.0. The van der Waals surface area contributed by atoms with Gasteiger partial charge in [0.15, 0.2) is 0 Å². The number of aromatic nitrogens is 2. The maximum atomic E-state index is 11.7. The molecule has 0 bridgehead atoms. The van der Waals surface area contributed by atoms with Crippen LogP contribution in [0.3, 0.4) is 0 Å².